The molecule has 0 heterocycles. The smallest absolute Gasteiger partial charge is 0.0275 e. The summed E-state index contributed by atoms with van der Waals surface area (Å²) >= 11 is 0. The van der Waals surface area contributed by atoms with Gasteiger partial charge in [0, 0.05) is 0 Å². The first-order valence-electron chi connectivity index (χ1n) is 5.75. The van der Waals surface area contributed by atoms with Crippen LogP contribution in [0.4, 0.5) is 0 Å². The zero-order chi connectivity index (χ0) is 9.03. The molecule has 0 aromatic heterocycles. The molecule has 72 valence electrons. The van der Waals surface area contributed by atoms with Crippen molar-refractivity contribution in [2.45, 2.75) is 65.7 Å². The molecule has 0 spiro atoms. The lowest BCUT2D eigenvalue weighted by Gasteiger charge is -2.42. The summed E-state index contributed by atoms with van der Waals surface area (Å²) in [7, 11) is 0. The van der Waals surface area contributed by atoms with Crippen molar-refractivity contribution < 1.29 is 0 Å². The third kappa shape index (κ3) is 1.84. The zero-order valence-corrected chi connectivity index (χ0v) is 9.03. The van der Waals surface area contributed by atoms with Gasteiger partial charge in [-0.15, -0.1) is 0 Å². The number of hydrogen-bond donors (Lipinski definition) is 0. The Morgan fingerprint density at radius 3 is 2.50 bits per heavy atom. The molecule has 1 saturated carbocycles. The van der Waals surface area contributed by atoms with Crippen molar-refractivity contribution >= 4 is 0 Å². The fourth-order valence-corrected chi connectivity index (χ4v) is 3.05. The molecule has 2 atom stereocenters. The van der Waals surface area contributed by atoms with Gasteiger partial charge in [0.1, 0.15) is 0 Å². The van der Waals surface area contributed by atoms with Gasteiger partial charge in [0.2, 0.25) is 0 Å². The van der Waals surface area contributed by atoms with E-state index in [1.165, 1.54) is 44.9 Å². The number of hydrogen-bond acceptors (Lipinski definition) is 0. The standard InChI is InChI=1S/C12H24/c1-4-9-12(5-2)10-7-6-8-11(12)3/h11H,4-10H2,1-3H3. The van der Waals surface area contributed by atoms with Gasteiger partial charge < -0.3 is 0 Å². The summed E-state index contributed by atoms with van der Waals surface area (Å²) in [4.78, 5) is 0. The Hall–Kier alpha value is 0. The van der Waals surface area contributed by atoms with Crippen LogP contribution < -0.4 is 0 Å². The monoisotopic (exact) mass is 168 g/mol. The lowest BCUT2D eigenvalue weighted by atomic mass is 9.63. The Bertz CT molecular complexity index is 124. The highest BCUT2D eigenvalue weighted by molar-refractivity contribution is 4.86. The summed E-state index contributed by atoms with van der Waals surface area (Å²) in [5, 5.41) is 0. The SMILES string of the molecule is CCCC1(CC)CCCCC1C. The molecule has 0 radical (unpaired) electrons. The first-order chi connectivity index (χ1) is 5.75. The second-order valence-corrected chi connectivity index (χ2v) is 4.61. The maximum atomic E-state index is 2.47. The van der Waals surface area contributed by atoms with Gasteiger partial charge in [-0.25, -0.2) is 0 Å². The Labute approximate surface area is 77.7 Å². The minimum Gasteiger partial charge on any atom is -0.0654 e. The minimum atomic E-state index is 0.729. The lowest BCUT2D eigenvalue weighted by molar-refractivity contribution is 0.0888. The van der Waals surface area contributed by atoms with Gasteiger partial charge in [0.05, 0.1) is 0 Å². The third-order valence-corrected chi connectivity index (χ3v) is 4.06. The van der Waals surface area contributed by atoms with Crippen LogP contribution in [0.1, 0.15) is 65.7 Å². The largest absolute Gasteiger partial charge is 0.0654 e. The molecule has 0 aromatic carbocycles. The third-order valence-electron chi connectivity index (χ3n) is 4.06. The fraction of sp³-hybridized carbons (Fsp3) is 1.00. The van der Waals surface area contributed by atoms with E-state index in [-0.39, 0.29) is 0 Å². The highest BCUT2D eigenvalue weighted by Gasteiger charge is 2.35. The van der Waals surface area contributed by atoms with Gasteiger partial charge >= 0.3 is 0 Å². The first kappa shape index (κ1) is 10.1. The lowest BCUT2D eigenvalue weighted by Crippen LogP contribution is -2.31. The molecule has 0 amide bonds. The van der Waals surface area contributed by atoms with Crippen LogP contribution >= 0.6 is 0 Å². The molecule has 0 aliphatic heterocycles. The van der Waals surface area contributed by atoms with Crippen molar-refractivity contribution in [3.63, 3.8) is 0 Å². The van der Waals surface area contributed by atoms with E-state index in [9.17, 15) is 0 Å². The Morgan fingerprint density at radius 2 is 2.00 bits per heavy atom. The molecule has 0 N–H and O–H groups in total. The van der Waals surface area contributed by atoms with Crippen molar-refractivity contribution in [1.82, 2.24) is 0 Å². The fourth-order valence-electron chi connectivity index (χ4n) is 3.05. The molecule has 1 aliphatic carbocycles. The molecular formula is C12H24. The molecule has 0 heteroatoms. The molecule has 0 saturated heterocycles. The highest BCUT2D eigenvalue weighted by atomic mass is 14.4. The molecule has 1 rings (SSSR count). The van der Waals surface area contributed by atoms with Crippen molar-refractivity contribution in [3.05, 3.63) is 0 Å². The van der Waals surface area contributed by atoms with Crippen molar-refractivity contribution in [2.75, 3.05) is 0 Å². The molecule has 0 aromatic rings. The minimum absolute atomic E-state index is 0.729. The molecule has 1 fully saturated rings. The Kier molecular flexibility index (Phi) is 3.61. The van der Waals surface area contributed by atoms with Gasteiger partial charge in [-0.05, 0) is 24.2 Å². The van der Waals surface area contributed by atoms with Gasteiger partial charge in [-0.1, -0.05) is 52.9 Å². The van der Waals surface area contributed by atoms with E-state index in [1.807, 2.05) is 0 Å². The zero-order valence-electron chi connectivity index (χ0n) is 9.03. The van der Waals surface area contributed by atoms with Gasteiger partial charge in [0.25, 0.3) is 0 Å². The van der Waals surface area contributed by atoms with Crippen LogP contribution in [0.15, 0.2) is 0 Å². The summed E-state index contributed by atoms with van der Waals surface area (Å²) in [6.45, 7) is 7.19. The molecule has 12 heavy (non-hydrogen) atoms. The van der Waals surface area contributed by atoms with E-state index in [0.29, 0.717) is 0 Å². The predicted molar refractivity (Wildman–Crippen MR) is 55.3 cm³/mol. The molecule has 0 nitrogen and oxygen atoms in total. The van der Waals surface area contributed by atoms with E-state index in [4.69, 9.17) is 0 Å². The molecular weight excluding hydrogens is 144 g/mol. The second kappa shape index (κ2) is 4.30. The topological polar surface area (TPSA) is 0 Å². The maximum Gasteiger partial charge on any atom is -0.0275 e. The van der Waals surface area contributed by atoms with E-state index in [2.05, 4.69) is 20.8 Å². The average Bonchev–Trinajstić information content (AvgIpc) is 2.10. The van der Waals surface area contributed by atoms with Gasteiger partial charge in [0.15, 0.2) is 0 Å². The summed E-state index contributed by atoms with van der Waals surface area (Å²) in [6.07, 6.45) is 10.2. The molecule has 2 unspecified atom stereocenters. The van der Waals surface area contributed by atoms with E-state index >= 15 is 0 Å². The van der Waals surface area contributed by atoms with Crippen molar-refractivity contribution in [1.29, 1.82) is 0 Å². The van der Waals surface area contributed by atoms with Crippen LogP contribution in [0.3, 0.4) is 0 Å². The second-order valence-electron chi connectivity index (χ2n) is 4.61. The van der Waals surface area contributed by atoms with E-state index in [0.717, 1.165) is 11.3 Å². The highest BCUT2D eigenvalue weighted by Crippen LogP contribution is 2.46. The van der Waals surface area contributed by atoms with Gasteiger partial charge in [-0.3, -0.25) is 0 Å². The molecule has 0 bridgehead atoms. The van der Waals surface area contributed by atoms with Crippen LogP contribution in [-0.2, 0) is 0 Å². The van der Waals surface area contributed by atoms with Crippen LogP contribution in [0.2, 0.25) is 0 Å². The Morgan fingerprint density at radius 1 is 1.25 bits per heavy atom. The normalized spacial score (nSPS) is 36.8. The van der Waals surface area contributed by atoms with Crippen LogP contribution in [0, 0.1) is 11.3 Å². The van der Waals surface area contributed by atoms with Crippen LogP contribution in [-0.4, -0.2) is 0 Å². The summed E-state index contributed by atoms with van der Waals surface area (Å²) in [5.41, 5.74) is 0.729. The quantitative estimate of drug-likeness (QED) is 0.586. The van der Waals surface area contributed by atoms with E-state index < -0.39 is 0 Å². The van der Waals surface area contributed by atoms with Crippen molar-refractivity contribution in [3.8, 4) is 0 Å². The van der Waals surface area contributed by atoms with Gasteiger partial charge in [-0.2, -0.15) is 0 Å². The summed E-state index contributed by atoms with van der Waals surface area (Å²) in [5.74, 6) is 0.983. The average molecular weight is 168 g/mol. The number of rotatable bonds is 3. The maximum absolute atomic E-state index is 2.47. The van der Waals surface area contributed by atoms with Crippen LogP contribution in [0.5, 0.6) is 0 Å². The van der Waals surface area contributed by atoms with Crippen LogP contribution in [0.25, 0.3) is 0 Å². The summed E-state index contributed by atoms with van der Waals surface area (Å²) in [6, 6.07) is 0. The van der Waals surface area contributed by atoms with Crippen molar-refractivity contribution in [2.24, 2.45) is 11.3 Å². The first-order valence-corrected chi connectivity index (χ1v) is 5.75. The molecule has 1 aliphatic rings. The Balaban J connectivity index is 2.60. The summed E-state index contributed by atoms with van der Waals surface area (Å²) < 4.78 is 0. The predicted octanol–water partition coefficient (Wildman–Crippen LogP) is 4.39. The van der Waals surface area contributed by atoms with E-state index in [1.54, 1.807) is 0 Å².